The van der Waals surface area contributed by atoms with E-state index in [9.17, 15) is 39.9 Å². The van der Waals surface area contributed by atoms with Gasteiger partial charge < -0.3 is 0 Å². The number of carbonyl (C=O) groups is 1. The second-order valence-corrected chi connectivity index (χ2v) is 3.96. The Labute approximate surface area is 107 Å². The molecular weight excluding hydrogens is 300 g/mol. The third-order valence-corrected chi connectivity index (χ3v) is 2.40. The molecule has 112 valence electrons. The minimum atomic E-state index is -6.65. The van der Waals surface area contributed by atoms with Crippen molar-refractivity contribution in [1.82, 2.24) is 0 Å². The average Bonchev–Trinajstić information content (AvgIpc) is 2.26. The molecule has 1 aromatic carbocycles. The molecule has 0 aliphatic rings. The number of Topliss-reactive ketones (excluding diaryl/α,β-unsaturated/α-hetero) is 1. The summed E-state index contributed by atoms with van der Waals surface area (Å²) < 4.78 is 100. The topological polar surface area (TPSA) is 17.1 Å². The molecule has 0 fully saturated rings. The minimum absolute atomic E-state index is 0.171. The van der Waals surface area contributed by atoms with Gasteiger partial charge in [0, 0.05) is 0 Å². The Bertz CT molecular complexity index is 532. The maximum atomic E-state index is 13.2. The minimum Gasteiger partial charge on any atom is -0.287 e. The van der Waals surface area contributed by atoms with Crippen molar-refractivity contribution in [3.05, 3.63) is 35.1 Å². The van der Waals surface area contributed by atoms with E-state index in [1.807, 2.05) is 0 Å². The van der Waals surface area contributed by atoms with Crippen LogP contribution in [0.4, 0.5) is 35.1 Å². The number of hydrogen-bond donors (Lipinski definition) is 0. The molecule has 0 N–H and O–H groups in total. The summed E-state index contributed by atoms with van der Waals surface area (Å²) in [7, 11) is 0. The molecule has 0 aromatic heterocycles. The Kier molecular flexibility index (Phi) is 3.86. The molecule has 0 spiro atoms. The van der Waals surface area contributed by atoms with Gasteiger partial charge in [-0.3, -0.25) is 4.79 Å². The predicted molar refractivity (Wildman–Crippen MR) is 51.4 cm³/mol. The lowest BCUT2D eigenvalue weighted by molar-refractivity contribution is -0.339. The van der Waals surface area contributed by atoms with Gasteiger partial charge in [-0.2, -0.15) is 30.7 Å². The van der Waals surface area contributed by atoms with Gasteiger partial charge in [0.15, 0.2) is 0 Å². The van der Waals surface area contributed by atoms with Gasteiger partial charge in [-0.1, -0.05) is 6.07 Å². The summed E-state index contributed by atoms with van der Waals surface area (Å²) in [4.78, 5) is 11.1. The van der Waals surface area contributed by atoms with E-state index >= 15 is 0 Å². The predicted octanol–water partition coefficient (Wildman–Crippen LogP) is 4.15. The molecule has 0 atom stereocenters. The number of halogens is 8. The fourth-order valence-electron chi connectivity index (χ4n) is 1.29. The van der Waals surface area contributed by atoms with Gasteiger partial charge in [0.25, 0.3) is 0 Å². The van der Waals surface area contributed by atoms with E-state index in [1.54, 1.807) is 0 Å². The van der Waals surface area contributed by atoms with Crippen molar-refractivity contribution in [3.63, 3.8) is 0 Å². The van der Waals surface area contributed by atoms with Crippen LogP contribution in [0.2, 0.25) is 0 Å². The van der Waals surface area contributed by atoms with E-state index in [1.165, 1.54) is 6.92 Å². The first-order valence-electron chi connectivity index (χ1n) is 4.95. The van der Waals surface area contributed by atoms with E-state index in [2.05, 4.69) is 0 Å². The molecule has 0 aliphatic heterocycles. The van der Waals surface area contributed by atoms with E-state index in [4.69, 9.17) is 0 Å². The molecule has 9 heteroatoms. The summed E-state index contributed by atoms with van der Waals surface area (Å²) in [6, 6.07) is 1.92. The number of rotatable bonds is 3. The maximum Gasteiger partial charge on any atom is 0.460 e. The zero-order valence-corrected chi connectivity index (χ0v) is 9.66. The van der Waals surface area contributed by atoms with Gasteiger partial charge in [0.1, 0.15) is 5.82 Å². The van der Waals surface area contributed by atoms with Gasteiger partial charge in [0.2, 0.25) is 5.78 Å². The highest BCUT2D eigenvalue weighted by Gasteiger charge is 2.76. The normalized spacial score (nSPS) is 13.4. The van der Waals surface area contributed by atoms with Gasteiger partial charge in [-0.05, 0) is 24.6 Å². The summed E-state index contributed by atoms with van der Waals surface area (Å²) in [6.45, 7) is 1.31. The zero-order chi connectivity index (χ0) is 15.9. The summed E-state index contributed by atoms with van der Waals surface area (Å²) >= 11 is 0. The average molecular weight is 306 g/mol. The van der Waals surface area contributed by atoms with Crippen molar-refractivity contribution in [2.75, 3.05) is 0 Å². The van der Waals surface area contributed by atoms with Crippen molar-refractivity contribution < 1.29 is 39.9 Å². The highest BCUT2D eigenvalue weighted by Crippen LogP contribution is 2.47. The second kappa shape index (κ2) is 4.71. The molecule has 0 radical (unpaired) electrons. The molecule has 1 rings (SSSR count). The van der Waals surface area contributed by atoms with Crippen LogP contribution in [0.25, 0.3) is 0 Å². The van der Waals surface area contributed by atoms with Crippen LogP contribution in [0.5, 0.6) is 0 Å². The molecule has 0 saturated heterocycles. The maximum absolute atomic E-state index is 13.2. The van der Waals surface area contributed by atoms with Crippen molar-refractivity contribution in [2.45, 2.75) is 24.9 Å². The molecule has 0 aliphatic carbocycles. The molecule has 0 heterocycles. The Balaban J connectivity index is 3.32. The highest BCUT2D eigenvalue weighted by molar-refractivity contribution is 6.02. The fraction of sp³-hybridized carbons (Fsp3) is 0.364. The molecule has 0 unspecified atom stereocenters. The van der Waals surface area contributed by atoms with E-state index in [0.29, 0.717) is 12.1 Å². The first-order chi connectivity index (χ1) is 8.82. The molecule has 1 nitrogen and oxygen atoms in total. The quantitative estimate of drug-likeness (QED) is 0.605. The van der Waals surface area contributed by atoms with E-state index in [-0.39, 0.29) is 5.56 Å². The van der Waals surface area contributed by atoms with Crippen LogP contribution in [0.1, 0.15) is 15.9 Å². The molecule has 0 bridgehead atoms. The Morgan fingerprint density at radius 3 is 1.90 bits per heavy atom. The van der Waals surface area contributed by atoms with Crippen LogP contribution in [0, 0.1) is 12.7 Å². The number of benzene rings is 1. The SMILES string of the molecule is Cc1ccc(C(=O)C(F)(F)C(F)(F)C(F)(F)F)c(F)c1. The summed E-state index contributed by atoms with van der Waals surface area (Å²) in [6.07, 6.45) is -6.65. The summed E-state index contributed by atoms with van der Waals surface area (Å²) in [5.41, 5.74) is -1.37. The zero-order valence-electron chi connectivity index (χ0n) is 9.66. The van der Waals surface area contributed by atoms with Gasteiger partial charge in [0.05, 0.1) is 5.56 Å². The van der Waals surface area contributed by atoms with E-state index < -0.39 is 35.2 Å². The Morgan fingerprint density at radius 1 is 1.00 bits per heavy atom. The molecular formula is C11H6F8O. The molecule has 20 heavy (non-hydrogen) atoms. The van der Waals surface area contributed by atoms with Crippen molar-refractivity contribution in [2.24, 2.45) is 0 Å². The monoisotopic (exact) mass is 306 g/mol. The Hall–Kier alpha value is -1.67. The number of aryl methyl sites for hydroxylation is 1. The third kappa shape index (κ3) is 2.48. The van der Waals surface area contributed by atoms with E-state index in [0.717, 1.165) is 6.07 Å². The number of hydrogen-bond acceptors (Lipinski definition) is 1. The van der Waals surface area contributed by atoms with Crippen LogP contribution < -0.4 is 0 Å². The summed E-state index contributed by atoms with van der Waals surface area (Å²) in [5, 5.41) is 0. The van der Waals surface area contributed by atoms with Crippen LogP contribution in [-0.2, 0) is 0 Å². The van der Waals surface area contributed by atoms with Gasteiger partial charge >= 0.3 is 18.0 Å². The van der Waals surface area contributed by atoms with Crippen LogP contribution >= 0.6 is 0 Å². The van der Waals surface area contributed by atoms with Gasteiger partial charge in [-0.15, -0.1) is 0 Å². The lowest BCUT2D eigenvalue weighted by Gasteiger charge is -2.27. The van der Waals surface area contributed by atoms with Gasteiger partial charge in [-0.25, -0.2) is 4.39 Å². The second-order valence-electron chi connectivity index (χ2n) is 3.96. The summed E-state index contributed by atoms with van der Waals surface area (Å²) in [5.74, 6) is -17.2. The lowest BCUT2D eigenvalue weighted by atomic mass is 9.98. The first kappa shape index (κ1) is 16.4. The number of alkyl halides is 7. The first-order valence-corrected chi connectivity index (χ1v) is 4.95. The molecule has 0 amide bonds. The van der Waals surface area contributed by atoms with Crippen molar-refractivity contribution in [3.8, 4) is 0 Å². The van der Waals surface area contributed by atoms with Crippen molar-refractivity contribution >= 4 is 5.78 Å². The third-order valence-electron chi connectivity index (χ3n) is 2.40. The number of ketones is 1. The van der Waals surface area contributed by atoms with Crippen LogP contribution in [-0.4, -0.2) is 23.8 Å². The smallest absolute Gasteiger partial charge is 0.287 e. The number of carbonyl (C=O) groups excluding carboxylic acids is 1. The van der Waals surface area contributed by atoms with Crippen molar-refractivity contribution in [1.29, 1.82) is 0 Å². The Morgan fingerprint density at radius 2 is 1.50 bits per heavy atom. The lowest BCUT2D eigenvalue weighted by Crippen LogP contribution is -2.56. The molecule has 0 saturated carbocycles. The van der Waals surface area contributed by atoms with Crippen LogP contribution in [0.3, 0.4) is 0 Å². The largest absolute Gasteiger partial charge is 0.460 e. The highest BCUT2D eigenvalue weighted by atomic mass is 19.4. The molecule has 1 aromatic rings. The standard InChI is InChI=1S/C11H6F8O/c1-5-2-3-6(7(12)4-5)8(20)9(13,14)10(15,16)11(17,18)19/h2-4H,1H3. The fourth-order valence-corrected chi connectivity index (χ4v) is 1.29. The van der Waals surface area contributed by atoms with Crippen LogP contribution in [0.15, 0.2) is 18.2 Å².